The molecule has 8 nitrogen and oxygen atoms in total. The first kappa shape index (κ1) is 68.8. The number of hydrogen-bond acceptors (Lipinski definition) is 8. The van der Waals surface area contributed by atoms with Gasteiger partial charge in [0.1, 0.15) is 17.3 Å². The van der Waals surface area contributed by atoms with Crippen molar-refractivity contribution in [3.05, 3.63) is 0 Å². The quantitative estimate of drug-likeness (QED) is 0.0331. The number of rotatable bonds is 56. The van der Waals surface area contributed by atoms with E-state index < -0.39 is 17.3 Å². The highest BCUT2D eigenvalue weighted by Gasteiger charge is 2.30. The van der Waals surface area contributed by atoms with E-state index in [1.807, 2.05) is 0 Å². The van der Waals surface area contributed by atoms with E-state index in [0.29, 0.717) is 19.4 Å². The van der Waals surface area contributed by atoms with Gasteiger partial charge in [-0.3, -0.25) is 0 Å². The molecule has 0 radical (unpaired) electrons. The molecule has 3 atom stereocenters. The van der Waals surface area contributed by atoms with Gasteiger partial charge in [0, 0.05) is 6.61 Å². The highest BCUT2D eigenvalue weighted by molar-refractivity contribution is 4.81. The summed E-state index contributed by atoms with van der Waals surface area (Å²) in [6.45, 7) is 6.86. The topological polar surface area (TPSA) is 140 Å². The third kappa shape index (κ3) is 54.9. The minimum atomic E-state index is -1.28. The molecule has 0 amide bonds. The SMILES string of the molecule is CCCCCCCCCCCCCCCCC(O)(CO)COCC(O)(CO)CCCCCCCCCCCCCCCC.CCCCCCCCCCCCCCCCCCOCC(O)CO. The van der Waals surface area contributed by atoms with Crippen molar-refractivity contribution in [1.82, 2.24) is 0 Å². The second-order valence-electron chi connectivity index (χ2n) is 21.2. The molecule has 0 saturated carbocycles. The molecule has 0 saturated heterocycles. The molecule has 0 rings (SSSR count). The molecule has 0 aliphatic carbocycles. The minimum absolute atomic E-state index is 0.0109. The fourth-order valence-electron chi connectivity index (χ4n) is 9.15. The van der Waals surface area contributed by atoms with Crippen molar-refractivity contribution in [2.45, 2.75) is 333 Å². The largest absolute Gasteiger partial charge is 0.394 e. The maximum atomic E-state index is 10.8. The molecule has 0 fully saturated rings. The Balaban J connectivity index is 0. The molecule has 8 heteroatoms. The number of unbranched alkanes of at least 4 members (excludes halogenated alkanes) is 41. The number of aliphatic hydroxyl groups is 6. The Kier molecular flexibility index (Phi) is 58.1. The summed E-state index contributed by atoms with van der Waals surface area (Å²) in [7, 11) is 0. The van der Waals surface area contributed by atoms with Crippen LogP contribution in [0.15, 0.2) is 0 Å². The van der Waals surface area contributed by atoms with Crippen molar-refractivity contribution in [3.8, 4) is 0 Å². The van der Waals surface area contributed by atoms with Crippen molar-refractivity contribution in [2.75, 3.05) is 46.2 Å². The predicted molar refractivity (Wildman–Crippen MR) is 288 cm³/mol. The van der Waals surface area contributed by atoms with Crippen molar-refractivity contribution in [3.63, 3.8) is 0 Å². The lowest BCUT2D eigenvalue weighted by molar-refractivity contribution is -0.129. The van der Waals surface area contributed by atoms with Crippen LogP contribution in [0.25, 0.3) is 0 Å². The number of hydrogen-bond donors (Lipinski definition) is 6. The zero-order valence-electron chi connectivity index (χ0n) is 45.6. The van der Waals surface area contributed by atoms with Gasteiger partial charge in [0.25, 0.3) is 0 Å². The molecular weight excluding hydrogens is 837 g/mol. The van der Waals surface area contributed by atoms with Crippen molar-refractivity contribution in [2.24, 2.45) is 0 Å². The molecule has 3 unspecified atom stereocenters. The van der Waals surface area contributed by atoms with Crippen LogP contribution in [-0.2, 0) is 9.47 Å². The van der Waals surface area contributed by atoms with E-state index >= 15 is 0 Å². The van der Waals surface area contributed by atoms with Crippen LogP contribution in [-0.4, -0.2) is 94.2 Å². The number of aliphatic hydroxyl groups excluding tert-OH is 4. The molecule has 0 aliphatic heterocycles. The van der Waals surface area contributed by atoms with Crippen LogP contribution in [0.2, 0.25) is 0 Å². The third-order valence-electron chi connectivity index (χ3n) is 14.0. The van der Waals surface area contributed by atoms with Gasteiger partial charge in [-0.15, -0.1) is 0 Å². The van der Waals surface area contributed by atoms with Crippen LogP contribution in [0.1, 0.15) is 316 Å². The van der Waals surface area contributed by atoms with Gasteiger partial charge in [-0.25, -0.2) is 0 Å². The molecule has 0 aromatic heterocycles. The van der Waals surface area contributed by atoms with Crippen LogP contribution in [0, 0.1) is 0 Å². The maximum Gasteiger partial charge on any atom is 0.111 e. The zero-order chi connectivity index (χ0) is 49.5. The van der Waals surface area contributed by atoms with E-state index in [4.69, 9.17) is 19.7 Å². The van der Waals surface area contributed by atoms with Crippen LogP contribution < -0.4 is 0 Å². The van der Waals surface area contributed by atoms with Gasteiger partial charge in [0.2, 0.25) is 0 Å². The first-order valence-electron chi connectivity index (χ1n) is 29.9. The zero-order valence-corrected chi connectivity index (χ0v) is 45.6. The summed E-state index contributed by atoms with van der Waals surface area (Å²) in [6.07, 6.45) is 58.2. The van der Waals surface area contributed by atoms with Crippen LogP contribution in [0.5, 0.6) is 0 Å². The summed E-state index contributed by atoms with van der Waals surface area (Å²) < 4.78 is 11.0. The monoisotopic (exact) mass is 959 g/mol. The first-order chi connectivity index (χ1) is 32.8. The van der Waals surface area contributed by atoms with E-state index in [0.717, 1.165) is 32.1 Å². The molecule has 0 bridgehead atoms. The van der Waals surface area contributed by atoms with E-state index in [1.165, 1.54) is 250 Å². The Morgan fingerprint density at radius 3 is 0.761 bits per heavy atom. The van der Waals surface area contributed by atoms with Gasteiger partial charge in [-0.05, 0) is 19.3 Å². The van der Waals surface area contributed by atoms with Gasteiger partial charge in [0.15, 0.2) is 0 Å². The van der Waals surface area contributed by atoms with Crippen LogP contribution in [0.4, 0.5) is 0 Å². The Morgan fingerprint density at radius 1 is 0.313 bits per heavy atom. The minimum Gasteiger partial charge on any atom is -0.394 e. The number of ether oxygens (including phenoxy) is 2. The lowest BCUT2D eigenvalue weighted by atomic mass is 9.95. The van der Waals surface area contributed by atoms with Crippen molar-refractivity contribution < 1.29 is 40.1 Å². The molecule has 0 aromatic carbocycles. The van der Waals surface area contributed by atoms with Crippen LogP contribution >= 0.6 is 0 Å². The fraction of sp³-hybridized carbons (Fsp3) is 1.00. The standard InChI is InChI=1S/C38H78O5.C21H44O3/c1-3-5-7-9-11-13-15-17-19-21-23-25-27-29-31-37(41,33-39)35-43-36-38(42,34-40)32-30-28-26-24-22-20-18-16-14-12-10-8-6-4-2;1-2-3-4-5-6-7-8-9-10-11-12-13-14-15-16-17-18-24-20-21(23)19-22/h39-42H,3-36H2,1-2H3;21-23H,2-20H2,1H3. The van der Waals surface area contributed by atoms with Gasteiger partial charge in [-0.2, -0.15) is 0 Å². The lowest BCUT2D eigenvalue weighted by Gasteiger charge is -2.30. The molecule has 0 aromatic rings. The molecule has 67 heavy (non-hydrogen) atoms. The molecule has 0 heterocycles. The Labute approximate surface area is 418 Å². The fourth-order valence-corrected chi connectivity index (χ4v) is 9.15. The van der Waals surface area contributed by atoms with Gasteiger partial charge in [-0.1, -0.05) is 297 Å². The van der Waals surface area contributed by atoms with Crippen molar-refractivity contribution in [1.29, 1.82) is 0 Å². The Morgan fingerprint density at radius 2 is 0.537 bits per heavy atom. The predicted octanol–water partition coefficient (Wildman–Crippen LogP) is 15.8. The summed E-state index contributed by atoms with van der Waals surface area (Å²) in [5.74, 6) is 0. The summed E-state index contributed by atoms with van der Waals surface area (Å²) >= 11 is 0. The van der Waals surface area contributed by atoms with E-state index in [2.05, 4.69) is 20.8 Å². The Bertz CT molecular complexity index is 847. The second-order valence-corrected chi connectivity index (χ2v) is 21.2. The Hall–Kier alpha value is -0.320. The van der Waals surface area contributed by atoms with Gasteiger partial charge in [0.05, 0.1) is 39.6 Å². The van der Waals surface area contributed by atoms with Gasteiger partial charge >= 0.3 is 0 Å². The summed E-state index contributed by atoms with van der Waals surface area (Å²) in [5.41, 5.74) is -2.55. The molecule has 0 spiro atoms. The summed E-state index contributed by atoms with van der Waals surface area (Å²) in [5, 5.41) is 58.9. The summed E-state index contributed by atoms with van der Waals surface area (Å²) in [4.78, 5) is 0. The lowest BCUT2D eigenvalue weighted by Crippen LogP contribution is -2.43. The van der Waals surface area contributed by atoms with E-state index in [9.17, 15) is 20.4 Å². The van der Waals surface area contributed by atoms with Crippen LogP contribution in [0.3, 0.4) is 0 Å². The maximum absolute atomic E-state index is 10.8. The molecule has 0 aliphatic rings. The second kappa shape index (κ2) is 56.6. The third-order valence-corrected chi connectivity index (χ3v) is 14.0. The summed E-state index contributed by atoms with van der Waals surface area (Å²) in [6, 6.07) is 0. The van der Waals surface area contributed by atoms with Crippen molar-refractivity contribution >= 4 is 0 Å². The van der Waals surface area contributed by atoms with E-state index in [1.54, 1.807) is 0 Å². The smallest absolute Gasteiger partial charge is 0.111 e. The molecule has 6 N–H and O–H groups in total. The molecular formula is C59H122O8. The average Bonchev–Trinajstić information content (AvgIpc) is 3.33. The molecule has 406 valence electrons. The average molecular weight is 960 g/mol. The normalized spacial score (nSPS) is 13.9. The highest BCUT2D eigenvalue weighted by atomic mass is 16.5. The van der Waals surface area contributed by atoms with Gasteiger partial charge < -0.3 is 40.1 Å². The first-order valence-corrected chi connectivity index (χ1v) is 29.9. The van der Waals surface area contributed by atoms with E-state index in [-0.39, 0.29) is 39.6 Å². The highest BCUT2D eigenvalue weighted by Crippen LogP contribution is 2.22.